The summed E-state index contributed by atoms with van der Waals surface area (Å²) >= 11 is 7.73. The number of hydrogen-bond acceptors (Lipinski definition) is 6. The Balaban J connectivity index is 2.03. The van der Waals surface area contributed by atoms with Gasteiger partial charge in [-0.3, -0.25) is 14.4 Å². The number of rotatable bonds is 7. The summed E-state index contributed by atoms with van der Waals surface area (Å²) in [6.45, 7) is 5.22. The highest BCUT2D eigenvalue weighted by atomic mass is 35.5. The molecule has 2 aromatic heterocycles. The summed E-state index contributed by atoms with van der Waals surface area (Å²) in [6, 6.07) is 5.49. The number of fused-ring (bicyclic) bond motifs is 1. The number of anilines is 1. The van der Waals surface area contributed by atoms with Crippen molar-refractivity contribution in [1.29, 1.82) is 0 Å². The fraction of sp³-hybridized carbons (Fsp3) is 0.421. The first kappa shape index (κ1) is 20.6. The lowest BCUT2D eigenvalue weighted by atomic mass is 10.3. The molecule has 7 nitrogen and oxygen atoms in total. The van der Waals surface area contributed by atoms with Gasteiger partial charge in [0.05, 0.1) is 16.8 Å². The van der Waals surface area contributed by atoms with Crippen LogP contribution in [0.5, 0.6) is 5.75 Å². The van der Waals surface area contributed by atoms with Gasteiger partial charge in [-0.25, -0.2) is 4.98 Å². The Morgan fingerprint density at radius 2 is 2.04 bits per heavy atom. The van der Waals surface area contributed by atoms with Gasteiger partial charge in [-0.2, -0.15) is 5.10 Å². The smallest absolute Gasteiger partial charge is 0.280 e. The monoisotopic (exact) mass is 421 g/mol. The van der Waals surface area contributed by atoms with Crippen LogP contribution >= 0.6 is 22.9 Å². The second-order valence-corrected chi connectivity index (χ2v) is 8.34. The van der Waals surface area contributed by atoms with Crippen LogP contribution in [0, 0.1) is 0 Å². The zero-order valence-electron chi connectivity index (χ0n) is 16.6. The van der Waals surface area contributed by atoms with E-state index in [0.29, 0.717) is 40.2 Å². The zero-order chi connectivity index (χ0) is 20.4. The van der Waals surface area contributed by atoms with E-state index in [-0.39, 0.29) is 11.9 Å². The lowest BCUT2D eigenvalue weighted by Crippen LogP contribution is -2.37. The van der Waals surface area contributed by atoms with Crippen molar-refractivity contribution in [3.63, 3.8) is 0 Å². The van der Waals surface area contributed by atoms with E-state index in [9.17, 15) is 4.79 Å². The van der Waals surface area contributed by atoms with E-state index in [4.69, 9.17) is 16.3 Å². The number of amides is 1. The molecule has 0 fully saturated rings. The minimum atomic E-state index is -0.185. The topological polar surface area (TPSA) is 63.5 Å². The highest BCUT2D eigenvalue weighted by Crippen LogP contribution is 2.39. The Hall–Kier alpha value is -2.16. The van der Waals surface area contributed by atoms with Gasteiger partial charge < -0.3 is 9.64 Å². The standard InChI is InChI=1S/C19H24ClN5O2S/c1-12(2)25-9-8-14(22-25)18(26)24(11-10-23(3)4)19-21-16-15(27-5)7-6-13(20)17(16)28-19/h6-9,12H,10-11H2,1-5H3. The maximum atomic E-state index is 13.2. The summed E-state index contributed by atoms with van der Waals surface area (Å²) in [4.78, 5) is 21.6. The minimum Gasteiger partial charge on any atom is -0.494 e. The van der Waals surface area contributed by atoms with Crippen LogP contribution in [-0.4, -0.2) is 59.9 Å². The molecule has 0 N–H and O–H groups in total. The molecule has 3 aromatic rings. The fourth-order valence-corrected chi connectivity index (χ4v) is 3.96. The molecule has 0 saturated carbocycles. The average Bonchev–Trinajstić information content (AvgIpc) is 3.30. The number of aromatic nitrogens is 3. The van der Waals surface area contributed by atoms with Gasteiger partial charge in [0.15, 0.2) is 10.8 Å². The van der Waals surface area contributed by atoms with E-state index in [1.807, 2.05) is 39.0 Å². The number of thiazole rings is 1. The summed E-state index contributed by atoms with van der Waals surface area (Å²) in [6.07, 6.45) is 1.82. The molecule has 0 radical (unpaired) electrons. The number of carbonyl (C=O) groups excluding carboxylic acids is 1. The number of ether oxygens (including phenoxy) is 1. The van der Waals surface area contributed by atoms with Crippen LogP contribution in [0.2, 0.25) is 5.02 Å². The van der Waals surface area contributed by atoms with E-state index in [1.165, 1.54) is 11.3 Å². The van der Waals surface area contributed by atoms with Gasteiger partial charge >= 0.3 is 0 Å². The molecule has 0 aliphatic carbocycles. The van der Waals surface area contributed by atoms with E-state index in [0.717, 1.165) is 4.70 Å². The van der Waals surface area contributed by atoms with Crippen LogP contribution in [0.4, 0.5) is 5.13 Å². The normalized spacial score (nSPS) is 11.6. The third-order valence-corrected chi connectivity index (χ3v) is 5.81. The van der Waals surface area contributed by atoms with Crippen molar-refractivity contribution in [3.05, 3.63) is 35.1 Å². The maximum absolute atomic E-state index is 13.2. The van der Waals surface area contributed by atoms with Crippen LogP contribution in [0.3, 0.4) is 0 Å². The van der Waals surface area contributed by atoms with Crippen molar-refractivity contribution in [2.24, 2.45) is 0 Å². The van der Waals surface area contributed by atoms with Crippen LogP contribution in [-0.2, 0) is 0 Å². The molecule has 0 aliphatic heterocycles. The number of methoxy groups -OCH3 is 1. The van der Waals surface area contributed by atoms with Gasteiger partial charge in [-0.15, -0.1) is 0 Å². The summed E-state index contributed by atoms with van der Waals surface area (Å²) in [5, 5.41) is 5.59. The van der Waals surface area contributed by atoms with Crippen LogP contribution < -0.4 is 9.64 Å². The van der Waals surface area contributed by atoms with E-state index >= 15 is 0 Å². The Morgan fingerprint density at radius 1 is 1.29 bits per heavy atom. The lowest BCUT2D eigenvalue weighted by molar-refractivity contribution is 0.0979. The van der Waals surface area contributed by atoms with Crippen molar-refractivity contribution in [3.8, 4) is 5.75 Å². The molecule has 0 atom stereocenters. The van der Waals surface area contributed by atoms with Crippen LogP contribution in [0.25, 0.3) is 10.2 Å². The Morgan fingerprint density at radius 3 is 2.64 bits per heavy atom. The quantitative estimate of drug-likeness (QED) is 0.578. The molecule has 1 amide bonds. The molecular weight excluding hydrogens is 398 g/mol. The highest BCUT2D eigenvalue weighted by Gasteiger charge is 2.25. The zero-order valence-corrected chi connectivity index (χ0v) is 18.2. The number of carbonyl (C=O) groups is 1. The number of halogens is 1. The fourth-order valence-electron chi connectivity index (χ4n) is 2.68. The first-order valence-electron chi connectivity index (χ1n) is 8.96. The molecule has 0 aliphatic rings. The Bertz CT molecular complexity index is 982. The maximum Gasteiger partial charge on any atom is 0.280 e. The van der Waals surface area contributed by atoms with Crippen LogP contribution in [0.1, 0.15) is 30.4 Å². The Labute approximate surface area is 173 Å². The SMILES string of the molecule is COc1ccc(Cl)c2sc(N(CCN(C)C)C(=O)c3ccn(C(C)C)n3)nc12. The van der Waals surface area contributed by atoms with Gasteiger partial charge in [-0.1, -0.05) is 22.9 Å². The highest BCUT2D eigenvalue weighted by molar-refractivity contribution is 7.23. The van der Waals surface area contributed by atoms with Gasteiger partial charge in [0, 0.05) is 25.3 Å². The molecule has 9 heteroatoms. The van der Waals surface area contributed by atoms with Crippen molar-refractivity contribution >= 4 is 44.2 Å². The number of benzene rings is 1. The first-order valence-corrected chi connectivity index (χ1v) is 10.2. The third kappa shape index (κ3) is 4.14. The van der Waals surface area contributed by atoms with Crippen molar-refractivity contribution in [1.82, 2.24) is 19.7 Å². The number of nitrogens with zero attached hydrogens (tertiary/aromatic N) is 5. The van der Waals surface area contributed by atoms with Crippen molar-refractivity contribution < 1.29 is 9.53 Å². The largest absolute Gasteiger partial charge is 0.494 e. The lowest BCUT2D eigenvalue weighted by Gasteiger charge is -2.21. The molecular formula is C19H24ClN5O2S. The number of likely N-dealkylation sites (N-methyl/N-ethyl adjacent to an activating group) is 1. The third-order valence-electron chi connectivity index (χ3n) is 4.27. The molecule has 28 heavy (non-hydrogen) atoms. The second-order valence-electron chi connectivity index (χ2n) is 6.96. The average molecular weight is 422 g/mol. The molecule has 0 spiro atoms. The van der Waals surface area contributed by atoms with Gasteiger partial charge in [0.1, 0.15) is 11.3 Å². The van der Waals surface area contributed by atoms with Crippen molar-refractivity contribution in [2.45, 2.75) is 19.9 Å². The predicted molar refractivity (Wildman–Crippen MR) is 114 cm³/mol. The molecule has 0 saturated heterocycles. The summed E-state index contributed by atoms with van der Waals surface area (Å²) in [5.41, 5.74) is 1.05. The summed E-state index contributed by atoms with van der Waals surface area (Å²) in [5.74, 6) is 0.446. The number of hydrogen-bond donors (Lipinski definition) is 0. The van der Waals surface area contributed by atoms with E-state index < -0.39 is 0 Å². The molecule has 0 unspecified atom stereocenters. The molecule has 150 valence electrons. The first-order chi connectivity index (χ1) is 13.3. The molecule has 1 aromatic carbocycles. The van der Waals surface area contributed by atoms with Crippen LogP contribution in [0.15, 0.2) is 24.4 Å². The Kier molecular flexibility index (Phi) is 6.22. The minimum absolute atomic E-state index is 0.183. The van der Waals surface area contributed by atoms with Crippen molar-refractivity contribution in [2.75, 3.05) is 39.2 Å². The second kappa shape index (κ2) is 8.46. The molecule has 0 bridgehead atoms. The van der Waals surface area contributed by atoms with Gasteiger partial charge in [0.25, 0.3) is 5.91 Å². The van der Waals surface area contributed by atoms with E-state index in [2.05, 4.69) is 10.1 Å². The van der Waals surface area contributed by atoms with Gasteiger partial charge in [0.2, 0.25) is 0 Å². The summed E-state index contributed by atoms with van der Waals surface area (Å²) < 4.78 is 7.98. The molecule has 2 heterocycles. The molecule has 3 rings (SSSR count). The predicted octanol–water partition coefficient (Wildman–Crippen LogP) is 3.94. The van der Waals surface area contributed by atoms with Gasteiger partial charge in [-0.05, 0) is 46.1 Å². The van der Waals surface area contributed by atoms with E-state index in [1.54, 1.807) is 34.9 Å². The summed E-state index contributed by atoms with van der Waals surface area (Å²) in [7, 11) is 5.53.